The van der Waals surface area contributed by atoms with E-state index in [1.165, 1.54) is 0 Å². The lowest BCUT2D eigenvalue weighted by Gasteiger charge is -2.38. The second kappa shape index (κ2) is 15.2. The molecule has 2 aromatic carbocycles. The normalized spacial score (nSPS) is 17.3. The second-order valence-electron chi connectivity index (χ2n) is 14.5. The number of likely N-dealkylation sites (tertiary alicyclic amines) is 1. The number of pyridine rings is 2. The molecule has 0 spiro atoms. The van der Waals surface area contributed by atoms with Gasteiger partial charge in [0, 0.05) is 76.5 Å². The molecule has 1 N–H and O–H groups in total. The molecule has 3 aliphatic rings. The summed E-state index contributed by atoms with van der Waals surface area (Å²) in [6.45, 7) is 3.70. The molecule has 8 rings (SSSR count). The number of carbonyl (C=O) groups excluding carboxylic acids is 4. The molecule has 2 saturated heterocycles. The lowest BCUT2D eigenvalue weighted by atomic mass is 9.99. The van der Waals surface area contributed by atoms with Gasteiger partial charge in [0.15, 0.2) is 0 Å². The maximum Gasteiger partial charge on any atom is 0.262 e. The van der Waals surface area contributed by atoms with Crippen molar-refractivity contribution >= 4 is 34.4 Å². The van der Waals surface area contributed by atoms with Crippen LogP contribution >= 0.6 is 0 Å². The van der Waals surface area contributed by atoms with Gasteiger partial charge < -0.3 is 18.8 Å². The number of nitrogens with one attached hydrogen (secondary N) is 1. The molecule has 3 aliphatic heterocycles. The van der Waals surface area contributed by atoms with Crippen molar-refractivity contribution in [3.8, 4) is 28.4 Å². The number of amides is 4. The van der Waals surface area contributed by atoms with Crippen LogP contribution in [0.15, 0.2) is 66.0 Å². The zero-order chi connectivity index (χ0) is 40.0. The third-order valence-electron chi connectivity index (χ3n) is 10.7. The van der Waals surface area contributed by atoms with Crippen molar-refractivity contribution in [1.82, 2.24) is 44.6 Å². The molecular formula is C40H41N9O8. The molecule has 0 radical (unpaired) electrons. The van der Waals surface area contributed by atoms with Gasteiger partial charge >= 0.3 is 0 Å². The number of carbonyl (C=O) groups is 4. The highest BCUT2D eigenvalue weighted by molar-refractivity contribution is 6.23. The second-order valence-corrected chi connectivity index (χ2v) is 14.5. The predicted molar refractivity (Wildman–Crippen MR) is 205 cm³/mol. The van der Waals surface area contributed by atoms with E-state index >= 15 is 0 Å². The standard InChI is InChI=1S/C40H41N9O8/c1-45(21-32-34(55-3)13-23(14-35(32)56-4)31-22-46(2)38(52)30-16-41-10-9-27(30)31)11-12-48-18-24(43-44-48)17-47-19-26(20-47)57-25-5-6-28-29(15-25)40(54)49(39(28)53)33-7-8-36(50)42-37(33)51/h5-6,9-10,13-16,18,22,26,33H,7-8,11-12,17,19-21H2,1-4H3,(H,42,50,51). The van der Waals surface area contributed by atoms with Gasteiger partial charge in [0.1, 0.15) is 29.4 Å². The molecule has 4 amide bonds. The van der Waals surface area contributed by atoms with E-state index in [9.17, 15) is 24.0 Å². The first kappa shape index (κ1) is 37.5. The highest BCUT2D eigenvalue weighted by atomic mass is 16.5. The van der Waals surface area contributed by atoms with Crippen LogP contribution in [0, 0.1) is 0 Å². The van der Waals surface area contributed by atoms with Crippen LogP contribution in [-0.4, -0.2) is 116 Å². The van der Waals surface area contributed by atoms with Gasteiger partial charge in [-0.1, -0.05) is 5.21 Å². The Morgan fingerprint density at radius 3 is 2.40 bits per heavy atom. The molecule has 17 nitrogen and oxygen atoms in total. The van der Waals surface area contributed by atoms with Crippen molar-refractivity contribution < 1.29 is 33.4 Å². The zero-order valence-electron chi connectivity index (χ0n) is 31.9. The first-order valence-electron chi connectivity index (χ1n) is 18.5. The summed E-state index contributed by atoms with van der Waals surface area (Å²) >= 11 is 0. The van der Waals surface area contributed by atoms with E-state index in [1.807, 2.05) is 42.3 Å². The molecule has 0 saturated carbocycles. The smallest absolute Gasteiger partial charge is 0.262 e. The number of piperidine rings is 1. The summed E-state index contributed by atoms with van der Waals surface area (Å²) in [7, 11) is 7.00. The van der Waals surface area contributed by atoms with E-state index in [0.29, 0.717) is 61.9 Å². The maximum atomic E-state index is 13.2. The van der Waals surface area contributed by atoms with E-state index in [0.717, 1.165) is 32.7 Å². The Morgan fingerprint density at radius 1 is 0.912 bits per heavy atom. The van der Waals surface area contributed by atoms with Crippen LogP contribution in [0.1, 0.15) is 44.8 Å². The lowest BCUT2D eigenvalue weighted by Crippen LogP contribution is -2.54. The summed E-state index contributed by atoms with van der Waals surface area (Å²) in [5.74, 6) is -0.387. The fourth-order valence-electron chi connectivity index (χ4n) is 7.65. The van der Waals surface area contributed by atoms with Gasteiger partial charge in [-0.05, 0) is 60.8 Å². The van der Waals surface area contributed by atoms with Crippen LogP contribution < -0.4 is 25.1 Å². The number of hydrogen-bond donors (Lipinski definition) is 1. The van der Waals surface area contributed by atoms with Crippen LogP contribution in [0.3, 0.4) is 0 Å². The number of ether oxygens (including phenoxy) is 3. The summed E-state index contributed by atoms with van der Waals surface area (Å²) in [6, 6.07) is 9.50. The molecule has 1 atom stereocenters. The van der Waals surface area contributed by atoms with E-state index < -0.39 is 29.7 Å². The first-order valence-corrected chi connectivity index (χ1v) is 18.5. The van der Waals surface area contributed by atoms with E-state index in [4.69, 9.17) is 14.2 Å². The van der Waals surface area contributed by atoms with Gasteiger partial charge in [-0.25, -0.2) is 0 Å². The molecule has 0 aliphatic carbocycles. The van der Waals surface area contributed by atoms with Gasteiger partial charge in [0.25, 0.3) is 17.4 Å². The van der Waals surface area contributed by atoms with Crippen molar-refractivity contribution in [3.63, 3.8) is 0 Å². The number of benzene rings is 2. The maximum absolute atomic E-state index is 13.2. The van der Waals surface area contributed by atoms with Gasteiger partial charge in [0.05, 0.1) is 48.5 Å². The highest BCUT2D eigenvalue weighted by Gasteiger charge is 2.45. The Morgan fingerprint density at radius 2 is 1.67 bits per heavy atom. The molecule has 1 unspecified atom stereocenters. The number of hydrogen-bond acceptors (Lipinski definition) is 13. The van der Waals surface area contributed by atoms with Crippen molar-refractivity contribution in [3.05, 3.63) is 93.9 Å². The SMILES string of the molecule is COc1cc(-c2cn(C)c(=O)c3cnccc23)cc(OC)c1CN(C)CCn1cc(CN2CC(Oc3ccc4c(c3)C(=O)N(C3CCC(=O)NC3=O)C4=O)C2)nn1. The molecule has 6 heterocycles. The third kappa shape index (κ3) is 7.22. The van der Waals surface area contributed by atoms with Gasteiger partial charge in [0.2, 0.25) is 11.8 Å². The largest absolute Gasteiger partial charge is 0.496 e. The Hall–Kier alpha value is -6.46. The molecule has 57 heavy (non-hydrogen) atoms. The average molecular weight is 776 g/mol. The minimum atomic E-state index is -1.02. The number of imide groups is 2. The number of aromatic nitrogens is 5. The monoisotopic (exact) mass is 775 g/mol. The number of nitrogens with zero attached hydrogens (tertiary/aromatic N) is 8. The number of likely N-dealkylation sites (N-methyl/N-ethyl adjacent to an activating group) is 1. The van der Waals surface area contributed by atoms with Crippen LogP contribution in [0.25, 0.3) is 21.9 Å². The Balaban J connectivity index is 0.839. The summed E-state index contributed by atoms with van der Waals surface area (Å²) in [5.41, 5.74) is 3.72. The minimum Gasteiger partial charge on any atom is -0.496 e. The molecule has 17 heteroatoms. The zero-order valence-corrected chi connectivity index (χ0v) is 31.9. The van der Waals surface area contributed by atoms with Crippen molar-refractivity contribution in [2.24, 2.45) is 7.05 Å². The Bertz CT molecular complexity index is 2470. The van der Waals surface area contributed by atoms with Crippen molar-refractivity contribution in [2.45, 2.75) is 44.6 Å². The predicted octanol–water partition coefficient (Wildman–Crippen LogP) is 2.01. The van der Waals surface area contributed by atoms with Gasteiger partial charge in [-0.2, -0.15) is 0 Å². The van der Waals surface area contributed by atoms with Crippen LogP contribution in [0.5, 0.6) is 17.2 Å². The number of methoxy groups -OCH3 is 2. The topological polar surface area (TPSA) is 183 Å². The number of fused-ring (bicyclic) bond motifs is 2. The quantitative estimate of drug-likeness (QED) is 0.172. The summed E-state index contributed by atoms with van der Waals surface area (Å²) in [5, 5.41) is 12.2. The first-order chi connectivity index (χ1) is 27.5. The average Bonchev–Trinajstić information content (AvgIpc) is 3.75. The molecular weight excluding hydrogens is 734 g/mol. The Kier molecular flexibility index (Phi) is 10.0. The van der Waals surface area contributed by atoms with Crippen molar-refractivity contribution in [1.29, 1.82) is 0 Å². The number of rotatable bonds is 13. The molecule has 3 aromatic heterocycles. The third-order valence-corrected chi connectivity index (χ3v) is 10.7. The van der Waals surface area contributed by atoms with Crippen LogP contribution in [0.4, 0.5) is 0 Å². The Labute approximate surface area is 326 Å². The van der Waals surface area contributed by atoms with Gasteiger partial charge in [-0.15, -0.1) is 5.10 Å². The van der Waals surface area contributed by atoms with Crippen molar-refractivity contribution in [2.75, 3.05) is 40.9 Å². The summed E-state index contributed by atoms with van der Waals surface area (Å²) in [4.78, 5) is 72.3. The molecule has 0 bridgehead atoms. The van der Waals surface area contributed by atoms with Crippen LogP contribution in [-0.2, 0) is 36.3 Å². The van der Waals surface area contributed by atoms with E-state index in [1.54, 1.807) is 56.4 Å². The molecule has 294 valence electrons. The van der Waals surface area contributed by atoms with Gasteiger partial charge in [-0.3, -0.25) is 53.7 Å². The number of aryl methyl sites for hydroxylation is 1. The van der Waals surface area contributed by atoms with E-state index in [2.05, 4.69) is 30.4 Å². The molecule has 5 aromatic rings. The minimum absolute atomic E-state index is 0.0615. The fourth-order valence-corrected chi connectivity index (χ4v) is 7.65. The van der Waals surface area contributed by atoms with Crippen LogP contribution in [0.2, 0.25) is 0 Å². The highest BCUT2D eigenvalue weighted by Crippen LogP contribution is 2.38. The van der Waals surface area contributed by atoms with E-state index in [-0.39, 0.29) is 35.6 Å². The molecule has 2 fully saturated rings. The lowest BCUT2D eigenvalue weighted by molar-refractivity contribution is -0.136. The fraction of sp³-hybridized carbons (Fsp3) is 0.350. The summed E-state index contributed by atoms with van der Waals surface area (Å²) in [6.07, 6.45) is 7.05. The summed E-state index contributed by atoms with van der Waals surface area (Å²) < 4.78 is 21.2.